The minimum absolute atomic E-state index is 0.0334. The highest BCUT2D eigenvalue weighted by Crippen LogP contribution is 2.32. The van der Waals surface area contributed by atoms with Crippen LogP contribution in [0.5, 0.6) is 0 Å². The molecule has 0 bridgehead atoms. The Morgan fingerprint density at radius 3 is 2.15 bits per heavy atom. The minimum atomic E-state index is -4.16. The Morgan fingerprint density at radius 1 is 0.926 bits per heavy atom. The van der Waals surface area contributed by atoms with Crippen LogP contribution in [0.3, 0.4) is 0 Å². The molecule has 6 nitrogen and oxygen atoms in total. The van der Waals surface area contributed by atoms with E-state index in [9.17, 15) is 16.8 Å². The Morgan fingerprint density at radius 2 is 1.56 bits per heavy atom. The van der Waals surface area contributed by atoms with Gasteiger partial charge in [0.1, 0.15) is 0 Å². The molecule has 0 amide bonds. The summed E-state index contributed by atoms with van der Waals surface area (Å²) in [6.45, 7) is 3.53. The number of hydrogen-bond donors (Lipinski definition) is 0. The molecule has 0 saturated carbocycles. The number of hydrogen-bond acceptors (Lipinski definition) is 6. The number of aryl methyl sites for hydroxylation is 1. The van der Waals surface area contributed by atoms with E-state index in [1.807, 2.05) is 6.92 Å². The van der Waals surface area contributed by atoms with Gasteiger partial charge in [-0.1, -0.05) is 42.8 Å². The molecule has 3 rings (SSSR count). The second-order valence-corrected chi connectivity index (χ2v) is 9.99. The molecular weight excluding hydrogens is 386 g/mol. The van der Waals surface area contributed by atoms with Crippen LogP contribution in [-0.4, -0.2) is 27.6 Å². The van der Waals surface area contributed by atoms with Crippen LogP contribution < -0.4 is 0 Å². The average Bonchev–Trinajstić information content (AvgIpc) is 3.10. The summed E-state index contributed by atoms with van der Waals surface area (Å²) in [7, 11) is -8.09. The van der Waals surface area contributed by atoms with Gasteiger partial charge in [-0.25, -0.2) is 16.8 Å². The highest BCUT2D eigenvalue weighted by atomic mass is 32.2. The number of aromatic nitrogens is 1. The molecule has 0 unspecified atom stereocenters. The van der Waals surface area contributed by atoms with Gasteiger partial charge in [0.25, 0.3) is 5.09 Å². The van der Waals surface area contributed by atoms with Crippen molar-refractivity contribution in [2.24, 2.45) is 0 Å². The standard InChI is InChI=1S/C19H19NO5S2/c1-3-13-26(21,22)19-18(20-17(25-19)15-7-5-4-6-8-15)27(23,24)16-11-9-14(2)10-12-16/h4-12H,3,13H2,1-2H3. The van der Waals surface area contributed by atoms with Gasteiger partial charge >= 0.3 is 0 Å². The summed E-state index contributed by atoms with van der Waals surface area (Å²) >= 11 is 0. The monoisotopic (exact) mass is 405 g/mol. The topological polar surface area (TPSA) is 94.3 Å². The molecule has 2 aromatic carbocycles. The fourth-order valence-electron chi connectivity index (χ4n) is 2.55. The van der Waals surface area contributed by atoms with Crippen molar-refractivity contribution in [1.29, 1.82) is 0 Å². The van der Waals surface area contributed by atoms with E-state index in [1.165, 1.54) is 12.1 Å². The van der Waals surface area contributed by atoms with Crippen LogP contribution in [0, 0.1) is 6.92 Å². The molecule has 0 fully saturated rings. The lowest BCUT2D eigenvalue weighted by Gasteiger charge is -2.04. The molecule has 0 atom stereocenters. The van der Waals surface area contributed by atoms with Gasteiger partial charge in [0.15, 0.2) is 0 Å². The second-order valence-electron chi connectivity index (χ2n) is 6.11. The molecule has 0 spiro atoms. The Hall–Kier alpha value is -2.45. The van der Waals surface area contributed by atoms with Gasteiger partial charge < -0.3 is 4.42 Å². The zero-order valence-corrected chi connectivity index (χ0v) is 16.5. The lowest BCUT2D eigenvalue weighted by Crippen LogP contribution is -2.11. The number of oxazole rings is 1. The van der Waals surface area contributed by atoms with Crippen molar-refractivity contribution in [2.45, 2.75) is 35.3 Å². The summed E-state index contributed by atoms with van der Waals surface area (Å²) in [5.41, 5.74) is 1.38. The SMILES string of the molecule is CCCS(=O)(=O)c1oc(-c2ccccc2)nc1S(=O)(=O)c1ccc(C)cc1. The van der Waals surface area contributed by atoms with Gasteiger partial charge in [-0.05, 0) is 37.6 Å². The molecule has 8 heteroatoms. The number of benzene rings is 2. The summed E-state index contributed by atoms with van der Waals surface area (Å²) in [6, 6.07) is 14.7. The van der Waals surface area contributed by atoms with Crippen LogP contribution in [0.25, 0.3) is 11.5 Å². The van der Waals surface area contributed by atoms with Gasteiger partial charge in [-0.15, -0.1) is 0 Å². The smallest absolute Gasteiger partial charge is 0.258 e. The minimum Gasteiger partial charge on any atom is -0.423 e. The average molecular weight is 405 g/mol. The van der Waals surface area contributed by atoms with Crippen LogP contribution in [0.1, 0.15) is 18.9 Å². The van der Waals surface area contributed by atoms with E-state index in [4.69, 9.17) is 4.42 Å². The molecule has 27 heavy (non-hydrogen) atoms. The van der Waals surface area contributed by atoms with Gasteiger partial charge in [-0.2, -0.15) is 4.98 Å². The fourth-order valence-corrected chi connectivity index (χ4v) is 5.69. The van der Waals surface area contributed by atoms with Gasteiger partial charge in [0, 0.05) is 5.56 Å². The third-order valence-electron chi connectivity index (χ3n) is 3.93. The molecule has 0 aliphatic heterocycles. The first-order chi connectivity index (χ1) is 12.8. The van der Waals surface area contributed by atoms with Crippen LogP contribution in [0.15, 0.2) is 74.0 Å². The van der Waals surface area contributed by atoms with Crippen molar-refractivity contribution >= 4 is 19.7 Å². The lowest BCUT2D eigenvalue weighted by atomic mass is 10.2. The third-order valence-corrected chi connectivity index (χ3v) is 7.52. The largest absolute Gasteiger partial charge is 0.423 e. The summed E-state index contributed by atoms with van der Waals surface area (Å²) < 4.78 is 56.9. The molecule has 0 aliphatic carbocycles. The number of sulfone groups is 2. The van der Waals surface area contributed by atoms with E-state index in [0.717, 1.165) is 5.56 Å². The maximum absolute atomic E-state index is 13.1. The van der Waals surface area contributed by atoms with E-state index in [1.54, 1.807) is 49.4 Å². The zero-order chi connectivity index (χ0) is 19.7. The third kappa shape index (κ3) is 3.81. The first-order valence-electron chi connectivity index (χ1n) is 8.36. The quantitative estimate of drug-likeness (QED) is 0.621. The van der Waals surface area contributed by atoms with Crippen molar-refractivity contribution in [3.8, 4) is 11.5 Å². The van der Waals surface area contributed by atoms with Crippen molar-refractivity contribution in [3.63, 3.8) is 0 Å². The van der Waals surface area contributed by atoms with Crippen molar-refractivity contribution in [2.75, 3.05) is 5.75 Å². The van der Waals surface area contributed by atoms with Gasteiger partial charge in [-0.3, -0.25) is 0 Å². The van der Waals surface area contributed by atoms with Crippen LogP contribution >= 0.6 is 0 Å². The lowest BCUT2D eigenvalue weighted by molar-refractivity contribution is 0.444. The summed E-state index contributed by atoms with van der Waals surface area (Å²) in [6.07, 6.45) is 0.327. The van der Waals surface area contributed by atoms with E-state index in [-0.39, 0.29) is 16.5 Å². The first kappa shape index (κ1) is 19.3. The highest BCUT2D eigenvalue weighted by Gasteiger charge is 2.34. The summed E-state index contributed by atoms with van der Waals surface area (Å²) in [4.78, 5) is 4.03. The van der Waals surface area contributed by atoms with Crippen LogP contribution in [0.4, 0.5) is 0 Å². The number of rotatable bonds is 6. The van der Waals surface area contributed by atoms with E-state index in [0.29, 0.717) is 12.0 Å². The van der Waals surface area contributed by atoms with Crippen LogP contribution in [-0.2, 0) is 19.7 Å². The van der Waals surface area contributed by atoms with E-state index < -0.39 is 29.8 Å². The second kappa shape index (κ2) is 7.28. The summed E-state index contributed by atoms with van der Waals surface area (Å²) in [5.74, 6) is -0.275. The number of nitrogens with zero attached hydrogens (tertiary/aromatic N) is 1. The van der Waals surface area contributed by atoms with Crippen molar-refractivity contribution in [1.82, 2.24) is 4.98 Å². The highest BCUT2D eigenvalue weighted by molar-refractivity contribution is 7.94. The molecule has 0 saturated heterocycles. The Balaban J connectivity index is 2.24. The van der Waals surface area contributed by atoms with Crippen molar-refractivity contribution < 1.29 is 21.3 Å². The molecule has 1 aromatic heterocycles. The Kier molecular flexibility index (Phi) is 5.21. The predicted molar refractivity (Wildman–Crippen MR) is 101 cm³/mol. The molecule has 3 aromatic rings. The Bertz CT molecular complexity index is 1150. The van der Waals surface area contributed by atoms with E-state index >= 15 is 0 Å². The molecule has 142 valence electrons. The maximum atomic E-state index is 13.1. The fraction of sp³-hybridized carbons (Fsp3) is 0.211. The maximum Gasteiger partial charge on any atom is 0.258 e. The molecule has 0 radical (unpaired) electrons. The first-order valence-corrected chi connectivity index (χ1v) is 11.5. The van der Waals surface area contributed by atoms with E-state index in [2.05, 4.69) is 4.98 Å². The summed E-state index contributed by atoms with van der Waals surface area (Å²) in [5, 5.41) is -1.18. The predicted octanol–water partition coefficient (Wildman–Crippen LogP) is 3.67. The molecular formula is C19H19NO5S2. The van der Waals surface area contributed by atoms with Crippen LogP contribution in [0.2, 0.25) is 0 Å². The molecule has 0 N–H and O–H groups in total. The zero-order valence-electron chi connectivity index (χ0n) is 14.9. The van der Waals surface area contributed by atoms with Crippen molar-refractivity contribution in [3.05, 3.63) is 60.2 Å². The normalized spacial score (nSPS) is 12.2. The molecule has 1 heterocycles. The van der Waals surface area contributed by atoms with Gasteiger partial charge in [0.2, 0.25) is 30.6 Å². The molecule has 0 aliphatic rings. The Labute approximate surface area is 158 Å². The van der Waals surface area contributed by atoms with Gasteiger partial charge in [0.05, 0.1) is 10.6 Å².